The lowest BCUT2D eigenvalue weighted by Crippen LogP contribution is -2.34. The molecule has 0 amide bonds. The fraction of sp³-hybridized carbons (Fsp3) is 0.478. The lowest BCUT2D eigenvalue weighted by atomic mass is 10.1. The standard InChI is InChI=1S/C23H29N5O4/c1-3-9-31-12-8-28-19-13-17(16-4-5-20(30-2)24-14-16)15-25-21(19)27-22(23(28)29)26-18-6-10-32-11-7-18/h4-5,13-15,18H,3,6-12H2,1-2H3,(H,25,26,27). The van der Waals surface area contributed by atoms with Crippen LogP contribution in [-0.2, 0) is 16.0 Å². The molecule has 0 bridgehead atoms. The first kappa shape index (κ1) is 22.2. The van der Waals surface area contributed by atoms with E-state index in [4.69, 9.17) is 14.2 Å². The van der Waals surface area contributed by atoms with Crippen LogP contribution in [0.1, 0.15) is 26.2 Å². The van der Waals surface area contributed by atoms with Crippen LogP contribution in [0.25, 0.3) is 22.3 Å². The number of methoxy groups -OCH3 is 1. The summed E-state index contributed by atoms with van der Waals surface area (Å²) < 4.78 is 17.9. The number of hydrogen-bond donors (Lipinski definition) is 1. The molecule has 3 aromatic rings. The fourth-order valence-electron chi connectivity index (χ4n) is 3.70. The Morgan fingerprint density at radius 1 is 1.16 bits per heavy atom. The topological polar surface area (TPSA) is 100 Å². The van der Waals surface area contributed by atoms with Crippen LogP contribution in [0.5, 0.6) is 5.88 Å². The summed E-state index contributed by atoms with van der Waals surface area (Å²) in [7, 11) is 1.58. The minimum Gasteiger partial charge on any atom is -0.481 e. The Kier molecular flexibility index (Phi) is 7.28. The highest BCUT2D eigenvalue weighted by atomic mass is 16.5. The van der Waals surface area contributed by atoms with Crippen molar-refractivity contribution in [3.8, 4) is 17.0 Å². The van der Waals surface area contributed by atoms with Crippen molar-refractivity contribution in [2.45, 2.75) is 38.8 Å². The number of aromatic nitrogens is 4. The molecule has 0 atom stereocenters. The van der Waals surface area contributed by atoms with Gasteiger partial charge in [-0.15, -0.1) is 0 Å². The Hall–Kier alpha value is -3.04. The van der Waals surface area contributed by atoms with Crippen LogP contribution in [-0.4, -0.2) is 59.1 Å². The minimum absolute atomic E-state index is 0.163. The van der Waals surface area contributed by atoms with Gasteiger partial charge in [-0.1, -0.05) is 6.92 Å². The van der Waals surface area contributed by atoms with Crippen LogP contribution in [0, 0.1) is 0 Å². The number of ether oxygens (including phenoxy) is 3. The van der Waals surface area contributed by atoms with Gasteiger partial charge in [-0.3, -0.25) is 9.36 Å². The highest BCUT2D eigenvalue weighted by Crippen LogP contribution is 2.23. The first-order chi connectivity index (χ1) is 15.7. The van der Waals surface area contributed by atoms with Gasteiger partial charge in [-0.2, -0.15) is 0 Å². The number of nitrogens with zero attached hydrogens (tertiary/aromatic N) is 4. The van der Waals surface area contributed by atoms with Crippen molar-refractivity contribution in [1.82, 2.24) is 19.5 Å². The van der Waals surface area contributed by atoms with Crippen molar-refractivity contribution in [3.63, 3.8) is 0 Å². The van der Waals surface area contributed by atoms with Crippen LogP contribution in [0.4, 0.5) is 5.82 Å². The SMILES string of the molecule is CCCOCCn1c(=O)c(NC2CCOCC2)nc2ncc(-c3ccc(OC)nc3)cc21. The summed E-state index contributed by atoms with van der Waals surface area (Å²) in [5, 5.41) is 3.31. The Labute approximate surface area is 186 Å². The fourth-order valence-corrected chi connectivity index (χ4v) is 3.70. The Morgan fingerprint density at radius 3 is 2.69 bits per heavy atom. The maximum absolute atomic E-state index is 13.3. The Balaban J connectivity index is 1.71. The van der Waals surface area contributed by atoms with Crippen LogP contribution >= 0.6 is 0 Å². The van der Waals surface area contributed by atoms with Gasteiger partial charge in [0.2, 0.25) is 5.88 Å². The largest absolute Gasteiger partial charge is 0.481 e. The molecule has 0 spiro atoms. The van der Waals surface area contributed by atoms with E-state index in [1.165, 1.54) is 0 Å². The van der Waals surface area contributed by atoms with Crippen molar-refractivity contribution in [2.24, 2.45) is 0 Å². The van der Waals surface area contributed by atoms with E-state index in [1.807, 2.05) is 12.1 Å². The number of pyridine rings is 2. The van der Waals surface area contributed by atoms with Crippen LogP contribution in [0.2, 0.25) is 0 Å². The Morgan fingerprint density at radius 2 is 1.97 bits per heavy atom. The molecule has 3 aromatic heterocycles. The first-order valence-electron chi connectivity index (χ1n) is 11.0. The normalized spacial score (nSPS) is 14.6. The van der Waals surface area contributed by atoms with Crippen LogP contribution < -0.4 is 15.6 Å². The zero-order valence-corrected chi connectivity index (χ0v) is 18.5. The van der Waals surface area contributed by atoms with E-state index in [1.54, 1.807) is 30.1 Å². The third kappa shape index (κ3) is 5.05. The summed E-state index contributed by atoms with van der Waals surface area (Å²) in [6.07, 6.45) is 6.09. The summed E-state index contributed by atoms with van der Waals surface area (Å²) in [5.74, 6) is 0.865. The molecule has 0 aromatic carbocycles. The number of hydrogen-bond acceptors (Lipinski definition) is 8. The zero-order chi connectivity index (χ0) is 22.3. The summed E-state index contributed by atoms with van der Waals surface area (Å²) in [6.45, 7) is 4.95. The maximum atomic E-state index is 13.3. The van der Waals surface area contributed by atoms with E-state index in [9.17, 15) is 4.79 Å². The lowest BCUT2D eigenvalue weighted by molar-refractivity contribution is 0.0903. The molecule has 1 aliphatic heterocycles. The van der Waals surface area contributed by atoms with Gasteiger partial charge in [0.15, 0.2) is 11.5 Å². The molecule has 1 fully saturated rings. The molecule has 4 rings (SSSR count). The average Bonchev–Trinajstić information content (AvgIpc) is 2.84. The second-order valence-corrected chi connectivity index (χ2v) is 7.72. The molecule has 1 aliphatic rings. The Bertz CT molecular complexity index is 1090. The lowest BCUT2D eigenvalue weighted by Gasteiger charge is -2.24. The van der Waals surface area contributed by atoms with Crippen molar-refractivity contribution >= 4 is 17.0 Å². The quantitative estimate of drug-likeness (QED) is 0.508. The number of rotatable bonds is 9. The van der Waals surface area contributed by atoms with Gasteiger partial charge in [0.1, 0.15) is 0 Å². The van der Waals surface area contributed by atoms with Crippen molar-refractivity contribution < 1.29 is 14.2 Å². The summed E-state index contributed by atoms with van der Waals surface area (Å²) in [4.78, 5) is 26.7. The molecule has 170 valence electrons. The van der Waals surface area contributed by atoms with Gasteiger partial charge in [0.25, 0.3) is 5.56 Å². The maximum Gasteiger partial charge on any atom is 0.293 e. The van der Waals surface area contributed by atoms with E-state index in [2.05, 4.69) is 27.2 Å². The molecule has 9 heteroatoms. The minimum atomic E-state index is -0.170. The van der Waals surface area contributed by atoms with Crippen molar-refractivity contribution in [3.05, 3.63) is 40.9 Å². The number of fused-ring (bicyclic) bond motifs is 1. The molecular formula is C23H29N5O4. The average molecular weight is 440 g/mol. The second-order valence-electron chi connectivity index (χ2n) is 7.72. The molecule has 0 aliphatic carbocycles. The van der Waals surface area contributed by atoms with E-state index in [-0.39, 0.29) is 11.6 Å². The van der Waals surface area contributed by atoms with Gasteiger partial charge in [-0.25, -0.2) is 15.0 Å². The molecule has 9 nitrogen and oxygen atoms in total. The molecule has 32 heavy (non-hydrogen) atoms. The first-order valence-corrected chi connectivity index (χ1v) is 11.0. The highest BCUT2D eigenvalue weighted by Gasteiger charge is 2.19. The van der Waals surface area contributed by atoms with Gasteiger partial charge in [-0.05, 0) is 31.4 Å². The van der Waals surface area contributed by atoms with Gasteiger partial charge in [0, 0.05) is 62.0 Å². The molecule has 1 saturated heterocycles. The predicted molar refractivity (Wildman–Crippen MR) is 122 cm³/mol. The third-order valence-electron chi connectivity index (χ3n) is 5.45. The molecule has 0 radical (unpaired) electrons. The predicted octanol–water partition coefficient (Wildman–Crippen LogP) is 2.88. The molecule has 4 heterocycles. The number of anilines is 1. The monoisotopic (exact) mass is 439 g/mol. The van der Waals surface area contributed by atoms with Gasteiger partial charge in [0.05, 0.1) is 19.2 Å². The molecule has 0 saturated carbocycles. The van der Waals surface area contributed by atoms with Crippen LogP contribution in [0.3, 0.4) is 0 Å². The van der Waals surface area contributed by atoms with Crippen LogP contribution in [0.15, 0.2) is 35.4 Å². The molecular weight excluding hydrogens is 410 g/mol. The van der Waals surface area contributed by atoms with Gasteiger partial charge >= 0.3 is 0 Å². The van der Waals surface area contributed by atoms with Crippen molar-refractivity contribution in [2.75, 3.05) is 38.9 Å². The van der Waals surface area contributed by atoms with E-state index < -0.39 is 0 Å². The molecule has 0 unspecified atom stereocenters. The number of nitrogens with one attached hydrogen (secondary N) is 1. The summed E-state index contributed by atoms with van der Waals surface area (Å²) in [6, 6.07) is 5.80. The van der Waals surface area contributed by atoms with Crippen molar-refractivity contribution in [1.29, 1.82) is 0 Å². The summed E-state index contributed by atoms with van der Waals surface area (Å²) >= 11 is 0. The van der Waals surface area contributed by atoms with Gasteiger partial charge < -0.3 is 19.5 Å². The second kappa shape index (κ2) is 10.5. The van der Waals surface area contributed by atoms with E-state index >= 15 is 0 Å². The van der Waals surface area contributed by atoms with E-state index in [0.29, 0.717) is 55.8 Å². The summed E-state index contributed by atoms with van der Waals surface area (Å²) in [5.41, 5.74) is 2.74. The smallest absolute Gasteiger partial charge is 0.293 e. The molecule has 1 N–H and O–H groups in total. The highest BCUT2D eigenvalue weighted by molar-refractivity contribution is 5.78. The zero-order valence-electron chi connectivity index (χ0n) is 18.5. The van der Waals surface area contributed by atoms with E-state index in [0.717, 1.165) is 30.4 Å². The third-order valence-corrected chi connectivity index (χ3v) is 5.45.